The fourth-order valence-electron chi connectivity index (χ4n) is 1.93. The second-order valence-electron chi connectivity index (χ2n) is 4.78. The molecule has 1 N–H and O–H groups in total. The molecule has 2 aromatic rings. The number of ether oxygens (including phenoxy) is 1. The summed E-state index contributed by atoms with van der Waals surface area (Å²) < 4.78 is 10.4. The lowest BCUT2D eigenvalue weighted by Crippen LogP contribution is -2.40. The third-order valence-corrected chi connectivity index (χ3v) is 4.07. The van der Waals surface area contributed by atoms with Gasteiger partial charge in [0, 0.05) is 11.8 Å². The lowest BCUT2D eigenvalue weighted by atomic mass is 10.3. The van der Waals surface area contributed by atoms with E-state index in [0.29, 0.717) is 17.0 Å². The molecule has 1 unspecified atom stereocenters. The Morgan fingerprint density at radius 2 is 2.35 bits per heavy atom. The smallest absolute Gasteiger partial charge is 0.323 e. The van der Waals surface area contributed by atoms with Gasteiger partial charge in [-0.1, -0.05) is 23.9 Å². The number of esters is 1. The van der Waals surface area contributed by atoms with Crippen LogP contribution in [-0.2, 0) is 9.53 Å². The Morgan fingerprint density at radius 1 is 1.55 bits per heavy atom. The van der Waals surface area contributed by atoms with Gasteiger partial charge in [-0.25, -0.2) is 4.98 Å². The number of carbonyl (C=O) groups is 1. The Labute approximate surface area is 121 Å². The van der Waals surface area contributed by atoms with Crippen molar-refractivity contribution < 1.29 is 13.9 Å². The Bertz CT molecular complexity index is 576. The van der Waals surface area contributed by atoms with Crippen LogP contribution in [0.3, 0.4) is 0 Å². The van der Waals surface area contributed by atoms with Gasteiger partial charge in [-0.15, -0.1) is 0 Å². The van der Waals surface area contributed by atoms with Gasteiger partial charge >= 0.3 is 5.97 Å². The molecule has 1 aliphatic carbocycles. The van der Waals surface area contributed by atoms with E-state index in [1.54, 1.807) is 0 Å². The molecule has 0 saturated heterocycles. The molecule has 6 heteroatoms. The first-order chi connectivity index (χ1) is 9.76. The van der Waals surface area contributed by atoms with Gasteiger partial charge < -0.3 is 14.5 Å². The molecule has 1 aromatic heterocycles. The molecule has 0 spiro atoms. The first-order valence-corrected chi connectivity index (χ1v) is 7.57. The lowest BCUT2D eigenvalue weighted by Gasteiger charge is -2.14. The molecule has 1 saturated carbocycles. The van der Waals surface area contributed by atoms with Crippen LogP contribution in [0.1, 0.15) is 12.8 Å². The maximum absolute atomic E-state index is 11.7. The first kappa shape index (κ1) is 13.5. The highest BCUT2D eigenvalue weighted by molar-refractivity contribution is 7.99. The number of carbonyl (C=O) groups excluding carboxylic acids is 1. The molecule has 1 heterocycles. The Morgan fingerprint density at radius 3 is 3.05 bits per heavy atom. The molecule has 5 nitrogen and oxygen atoms in total. The minimum atomic E-state index is -0.312. The largest absolute Gasteiger partial charge is 0.468 e. The van der Waals surface area contributed by atoms with E-state index < -0.39 is 0 Å². The van der Waals surface area contributed by atoms with Crippen molar-refractivity contribution in [2.24, 2.45) is 0 Å². The number of para-hydroxylation sites is 2. The van der Waals surface area contributed by atoms with Crippen molar-refractivity contribution in [1.82, 2.24) is 10.3 Å². The summed E-state index contributed by atoms with van der Waals surface area (Å²) in [5, 5.41) is 3.86. The molecule has 1 aliphatic rings. The summed E-state index contributed by atoms with van der Waals surface area (Å²) in [6.45, 7) is 0. The number of rotatable bonds is 6. The number of hydrogen-bond donors (Lipinski definition) is 1. The van der Waals surface area contributed by atoms with Crippen LogP contribution in [0.15, 0.2) is 33.9 Å². The van der Waals surface area contributed by atoms with Gasteiger partial charge in [-0.3, -0.25) is 4.79 Å². The van der Waals surface area contributed by atoms with E-state index in [1.165, 1.54) is 18.9 Å². The van der Waals surface area contributed by atoms with Gasteiger partial charge in [-0.2, -0.15) is 0 Å². The number of oxazole rings is 1. The van der Waals surface area contributed by atoms with Crippen LogP contribution in [0.4, 0.5) is 0 Å². The lowest BCUT2D eigenvalue weighted by molar-refractivity contribution is -0.142. The fourth-order valence-corrected chi connectivity index (χ4v) is 2.78. The van der Waals surface area contributed by atoms with Gasteiger partial charge in [-0.05, 0) is 25.0 Å². The van der Waals surface area contributed by atoms with Gasteiger partial charge in [0.2, 0.25) is 0 Å². The van der Waals surface area contributed by atoms with Crippen LogP contribution in [0.25, 0.3) is 11.1 Å². The summed E-state index contributed by atoms with van der Waals surface area (Å²) in [6.07, 6.45) is 2.25. The molecule has 20 heavy (non-hydrogen) atoms. The van der Waals surface area contributed by atoms with E-state index in [0.717, 1.165) is 23.9 Å². The van der Waals surface area contributed by atoms with Gasteiger partial charge in [0.25, 0.3) is 5.22 Å². The van der Waals surface area contributed by atoms with Crippen molar-refractivity contribution in [1.29, 1.82) is 0 Å². The normalized spacial score (nSPS) is 16.2. The molecule has 1 aromatic carbocycles. The molecule has 1 fully saturated rings. The monoisotopic (exact) mass is 292 g/mol. The zero-order chi connectivity index (χ0) is 13.9. The predicted molar refractivity (Wildman–Crippen MR) is 76.7 cm³/mol. The maximum atomic E-state index is 11.7. The quantitative estimate of drug-likeness (QED) is 0.650. The van der Waals surface area contributed by atoms with Crippen LogP contribution in [0.2, 0.25) is 0 Å². The predicted octanol–water partition coefficient (Wildman–Crippen LogP) is 2.21. The van der Waals surface area contributed by atoms with E-state index in [4.69, 9.17) is 9.15 Å². The Hall–Kier alpha value is -1.53. The van der Waals surface area contributed by atoms with Crippen molar-refractivity contribution in [3.05, 3.63) is 24.3 Å². The van der Waals surface area contributed by atoms with Crippen molar-refractivity contribution >= 4 is 28.8 Å². The van der Waals surface area contributed by atoms with E-state index in [9.17, 15) is 4.79 Å². The summed E-state index contributed by atoms with van der Waals surface area (Å²) in [7, 11) is 1.41. The summed E-state index contributed by atoms with van der Waals surface area (Å²) in [5.41, 5.74) is 1.60. The molecular weight excluding hydrogens is 276 g/mol. The minimum Gasteiger partial charge on any atom is -0.468 e. The van der Waals surface area contributed by atoms with Crippen molar-refractivity contribution in [2.45, 2.75) is 30.1 Å². The Balaban J connectivity index is 1.64. The Kier molecular flexibility index (Phi) is 3.93. The number of aromatic nitrogens is 1. The molecule has 106 valence electrons. The van der Waals surface area contributed by atoms with Gasteiger partial charge in [0.1, 0.15) is 11.6 Å². The highest BCUT2D eigenvalue weighted by Crippen LogP contribution is 2.25. The minimum absolute atomic E-state index is 0.236. The average Bonchev–Trinajstić information content (AvgIpc) is 3.19. The summed E-state index contributed by atoms with van der Waals surface area (Å²) in [6, 6.07) is 7.75. The fraction of sp³-hybridized carbons (Fsp3) is 0.429. The molecule has 0 bridgehead atoms. The van der Waals surface area contributed by atoms with Crippen molar-refractivity contribution in [3.8, 4) is 0 Å². The van der Waals surface area contributed by atoms with Crippen LogP contribution < -0.4 is 5.32 Å². The van der Waals surface area contributed by atoms with E-state index >= 15 is 0 Å². The van der Waals surface area contributed by atoms with Crippen molar-refractivity contribution in [3.63, 3.8) is 0 Å². The standard InChI is InChI=1S/C14H16N2O3S/c1-18-13(17)11(15-9-6-7-9)8-20-14-16-10-4-2-3-5-12(10)19-14/h2-5,9,11,15H,6-8H2,1H3. The zero-order valence-corrected chi connectivity index (χ0v) is 12.0. The van der Waals surface area contributed by atoms with Crippen molar-refractivity contribution in [2.75, 3.05) is 12.9 Å². The topological polar surface area (TPSA) is 64.4 Å². The van der Waals surface area contributed by atoms with Gasteiger partial charge in [0.05, 0.1) is 7.11 Å². The van der Waals surface area contributed by atoms with E-state index in [1.807, 2.05) is 24.3 Å². The number of fused-ring (bicyclic) bond motifs is 1. The SMILES string of the molecule is COC(=O)C(CSc1nc2ccccc2o1)NC1CC1. The number of benzene rings is 1. The first-order valence-electron chi connectivity index (χ1n) is 6.58. The molecule has 0 radical (unpaired) electrons. The molecular formula is C14H16N2O3S. The summed E-state index contributed by atoms with van der Waals surface area (Å²) in [4.78, 5) is 16.1. The molecule has 0 amide bonds. The zero-order valence-electron chi connectivity index (χ0n) is 11.2. The van der Waals surface area contributed by atoms with Crippen LogP contribution in [0.5, 0.6) is 0 Å². The highest BCUT2D eigenvalue weighted by Gasteiger charge is 2.29. The van der Waals surface area contributed by atoms with Crippen LogP contribution in [-0.4, -0.2) is 35.9 Å². The molecule has 3 rings (SSSR count). The van der Waals surface area contributed by atoms with Crippen LogP contribution >= 0.6 is 11.8 Å². The number of nitrogens with one attached hydrogen (secondary N) is 1. The third-order valence-electron chi connectivity index (χ3n) is 3.15. The molecule has 1 atom stereocenters. The number of thioether (sulfide) groups is 1. The summed E-state index contributed by atoms with van der Waals surface area (Å²) >= 11 is 1.43. The maximum Gasteiger partial charge on any atom is 0.323 e. The van der Waals surface area contributed by atoms with Gasteiger partial charge in [0.15, 0.2) is 5.58 Å². The average molecular weight is 292 g/mol. The second kappa shape index (κ2) is 5.85. The third kappa shape index (κ3) is 3.13. The number of hydrogen-bond acceptors (Lipinski definition) is 6. The highest BCUT2D eigenvalue weighted by atomic mass is 32.2. The van der Waals surface area contributed by atoms with E-state index in [-0.39, 0.29) is 12.0 Å². The van der Waals surface area contributed by atoms with Crippen LogP contribution in [0, 0.1) is 0 Å². The molecule has 0 aliphatic heterocycles. The van der Waals surface area contributed by atoms with E-state index in [2.05, 4.69) is 10.3 Å². The summed E-state index contributed by atoms with van der Waals surface area (Å²) in [5.74, 6) is 0.316. The number of methoxy groups -OCH3 is 1. The number of nitrogens with zero attached hydrogens (tertiary/aromatic N) is 1. The second-order valence-corrected chi connectivity index (χ2v) is 5.75.